The highest BCUT2D eigenvalue weighted by Gasteiger charge is 2.19. The molecule has 5 rings (SSSR count). The highest BCUT2D eigenvalue weighted by Crippen LogP contribution is 2.24. The molecule has 0 fully saturated rings. The molecule has 10 nitrogen and oxygen atoms in total. The van der Waals surface area contributed by atoms with Gasteiger partial charge in [-0.1, -0.05) is 52.4 Å². The molecule has 0 spiro atoms. The zero-order valence-electron chi connectivity index (χ0n) is 15.6. The Morgan fingerprint density at radius 2 is 1.87 bits per heavy atom. The molecule has 3 aromatic heterocycles. The van der Waals surface area contributed by atoms with E-state index < -0.39 is 5.76 Å². The van der Waals surface area contributed by atoms with Crippen molar-refractivity contribution < 1.29 is 13.7 Å². The predicted octanol–water partition coefficient (Wildman–Crippen LogP) is 3.00. The molecule has 0 N–H and O–H groups in total. The zero-order chi connectivity index (χ0) is 21.4. The predicted molar refractivity (Wildman–Crippen MR) is 111 cm³/mol. The van der Waals surface area contributed by atoms with Crippen LogP contribution in [0.15, 0.2) is 67.1 Å². The summed E-state index contributed by atoms with van der Waals surface area (Å²) in [6.45, 7) is -0.115. The Morgan fingerprint density at radius 3 is 2.74 bits per heavy atom. The van der Waals surface area contributed by atoms with E-state index >= 15 is 0 Å². The molecule has 0 radical (unpaired) electrons. The zero-order valence-corrected chi connectivity index (χ0v) is 17.2. The van der Waals surface area contributed by atoms with Crippen molar-refractivity contribution >= 4 is 33.2 Å². The Labute approximate surface area is 181 Å². The number of halogens is 1. The summed E-state index contributed by atoms with van der Waals surface area (Å²) in [7, 11) is 0. The van der Waals surface area contributed by atoms with Crippen LogP contribution >= 0.6 is 22.9 Å². The topological polar surface area (TPSA) is 118 Å². The number of nitrogens with zero attached hydrogens (tertiary/aromatic N) is 5. The molecule has 0 aliphatic heterocycles. The van der Waals surface area contributed by atoms with E-state index in [1.165, 1.54) is 4.57 Å². The summed E-state index contributed by atoms with van der Waals surface area (Å²) in [5, 5.41) is 8.31. The molecular formula is C19H12ClN5O5S. The second-order valence-corrected chi connectivity index (χ2v) is 7.71. The van der Waals surface area contributed by atoms with Crippen LogP contribution in [-0.2, 0) is 13.3 Å². The minimum absolute atomic E-state index is 0.00550. The summed E-state index contributed by atoms with van der Waals surface area (Å²) in [4.78, 5) is 28.4. The molecule has 3 heterocycles. The van der Waals surface area contributed by atoms with E-state index in [1.807, 2.05) is 18.2 Å². The summed E-state index contributed by atoms with van der Waals surface area (Å²) in [5.74, 6) is -0.318. The van der Waals surface area contributed by atoms with Gasteiger partial charge in [0.25, 0.3) is 0 Å². The van der Waals surface area contributed by atoms with Gasteiger partial charge in [-0.05, 0) is 24.3 Å². The molecule has 2 aromatic carbocycles. The minimum Gasteiger partial charge on any atom is -0.484 e. The van der Waals surface area contributed by atoms with Crippen LogP contribution in [0.4, 0.5) is 0 Å². The standard InChI is InChI=1S/C19H12ClN5O5S/c20-11-5-1-3-7-13(11)28-9-15-21-16(30-23-15)17-22-25(18(26)29-17)10-24-12-6-2-4-8-14(12)31-19(24)27/h1-8H,9-10H2. The maximum absolute atomic E-state index is 12.3. The molecule has 0 saturated heterocycles. The van der Waals surface area contributed by atoms with Crippen molar-refractivity contribution in [1.29, 1.82) is 0 Å². The average molecular weight is 458 g/mol. The van der Waals surface area contributed by atoms with E-state index in [2.05, 4.69) is 15.2 Å². The lowest BCUT2D eigenvalue weighted by Crippen LogP contribution is -2.25. The molecule has 0 unspecified atom stereocenters. The van der Waals surface area contributed by atoms with Crippen LogP contribution in [0.5, 0.6) is 5.75 Å². The first-order valence-electron chi connectivity index (χ1n) is 8.95. The Hall–Kier alpha value is -3.70. The van der Waals surface area contributed by atoms with Crippen LogP contribution in [0.3, 0.4) is 0 Å². The van der Waals surface area contributed by atoms with E-state index in [0.29, 0.717) is 16.3 Å². The second kappa shape index (κ2) is 7.85. The van der Waals surface area contributed by atoms with E-state index in [0.717, 1.165) is 20.7 Å². The largest absolute Gasteiger partial charge is 0.484 e. The van der Waals surface area contributed by atoms with Crippen molar-refractivity contribution in [2.45, 2.75) is 13.3 Å². The van der Waals surface area contributed by atoms with Crippen molar-refractivity contribution in [3.8, 4) is 17.5 Å². The van der Waals surface area contributed by atoms with E-state index in [9.17, 15) is 9.59 Å². The first kappa shape index (κ1) is 19.3. The molecule has 0 amide bonds. The molecule has 0 atom stereocenters. The number of fused-ring (bicyclic) bond motifs is 1. The van der Waals surface area contributed by atoms with Gasteiger partial charge in [0.05, 0.1) is 15.2 Å². The quantitative estimate of drug-likeness (QED) is 0.382. The summed E-state index contributed by atoms with van der Waals surface area (Å²) in [5.41, 5.74) is 0.700. The van der Waals surface area contributed by atoms with Crippen molar-refractivity contribution in [2.24, 2.45) is 0 Å². The second-order valence-electron chi connectivity index (χ2n) is 6.31. The maximum Gasteiger partial charge on any atom is 0.439 e. The third-order valence-electron chi connectivity index (χ3n) is 4.30. The molecule has 0 bridgehead atoms. The van der Waals surface area contributed by atoms with Crippen LogP contribution in [-0.4, -0.2) is 24.5 Å². The van der Waals surface area contributed by atoms with Crippen molar-refractivity contribution in [3.63, 3.8) is 0 Å². The number of para-hydroxylation sites is 2. The first-order valence-corrected chi connectivity index (χ1v) is 10.1. The molecule has 31 heavy (non-hydrogen) atoms. The average Bonchev–Trinajstić information content (AvgIpc) is 3.46. The van der Waals surface area contributed by atoms with Crippen LogP contribution < -0.4 is 15.4 Å². The van der Waals surface area contributed by atoms with Crippen LogP contribution in [0.2, 0.25) is 5.02 Å². The van der Waals surface area contributed by atoms with E-state index in [4.69, 9.17) is 25.3 Å². The third kappa shape index (κ3) is 3.76. The molecule has 0 aliphatic rings. The van der Waals surface area contributed by atoms with Gasteiger partial charge in [-0.25, -0.2) is 4.79 Å². The normalized spacial score (nSPS) is 11.3. The van der Waals surface area contributed by atoms with Crippen molar-refractivity contribution in [3.05, 3.63) is 79.6 Å². The highest BCUT2D eigenvalue weighted by molar-refractivity contribution is 7.16. The molecule has 5 aromatic rings. The number of hydrogen-bond donors (Lipinski definition) is 0. The van der Waals surface area contributed by atoms with E-state index in [-0.39, 0.29) is 35.8 Å². The summed E-state index contributed by atoms with van der Waals surface area (Å²) in [6, 6.07) is 14.3. The molecule has 156 valence electrons. The Bertz CT molecular complexity index is 1500. The fraction of sp³-hybridized carbons (Fsp3) is 0.105. The van der Waals surface area contributed by atoms with Gasteiger partial charge >= 0.3 is 22.4 Å². The first-order chi connectivity index (χ1) is 15.1. The number of aromatic nitrogens is 5. The summed E-state index contributed by atoms with van der Waals surface area (Å²) in [6.07, 6.45) is 0. The number of thiazole rings is 1. The van der Waals surface area contributed by atoms with Crippen molar-refractivity contribution in [1.82, 2.24) is 24.5 Å². The SMILES string of the molecule is O=c1oc(-c2nc(COc3ccccc3Cl)no2)nn1Cn1c(=O)sc2ccccc21. The lowest BCUT2D eigenvalue weighted by molar-refractivity contribution is 0.287. The third-order valence-corrected chi connectivity index (χ3v) is 5.57. The Balaban J connectivity index is 1.36. The summed E-state index contributed by atoms with van der Waals surface area (Å²) < 4.78 is 19.1. The lowest BCUT2D eigenvalue weighted by atomic mass is 10.3. The Kier molecular flexibility index (Phi) is 4.88. The smallest absolute Gasteiger partial charge is 0.439 e. The molecular weight excluding hydrogens is 446 g/mol. The summed E-state index contributed by atoms with van der Waals surface area (Å²) >= 11 is 7.13. The fourth-order valence-corrected chi connectivity index (χ4v) is 3.94. The van der Waals surface area contributed by atoms with Gasteiger partial charge in [0, 0.05) is 0 Å². The minimum atomic E-state index is -0.760. The van der Waals surface area contributed by atoms with Gasteiger partial charge < -0.3 is 13.7 Å². The number of rotatable bonds is 6. The van der Waals surface area contributed by atoms with E-state index in [1.54, 1.807) is 30.3 Å². The van der Waals surface area contributed by atoms with Gasteiger partial charge in [0.15, 0.2) is 6.61 Å². The van der Waals surface area contributed by atoms with Gasteiger partial charge in [0.2, 0.25) is 5.82 Å². The van der Waals surface area contributed by atoms with Crippen LogP contribution in [0, 0.1) is 0 Å². The molecule has 12 heteroatoms. The fourth-order valence-electron chi connectivity index (χ4n) is 2.87. The number of ether oxygens (including phenoxy) is 1. The number of benzene rings is 2. The number of hydrogen-bond acceptors (Lipinski definition) is 9. The van der Waals surface area contributed by atoms with Crippen molar-refractivity contribution in [2.75, 3.05) is 0 Å². The maximum atomic E-state index is 12.3. The molecule has 0 saturated carbocycles. The van der Waals surface area contributed by atoms with Gasteiger partial charge in [-0.2, -0.15) is 9.67 Å². The Morgan fingerprint density at radius 1 is 1.06 bits per heavy atom. The van der Waals surface area contributed by atoms with Crippen LogP contribution in [0.25, 0.3) is 22.0 Å². The monoisotopic (exact) mass is 457 g/mol. The van der Waals surface area contributed by atoms with Gasteiger partial charge in [-0.15, -0.1) is 5.10 Å². The highest BCUT2D eigenvalue weighted by atomic mass is 35.5. The van der Waals surface area contributed by atoms with Crippen LogP contribution in [0.1, 0.15) is 5.82 Å². The van der Waals surface area contributed by atoms with Gasteiger partial charge in [-0.3, -0.25) is 9.36 Å². The van der Waals surface area contributed by atoms with Gasteiger partial charge in [0.1, 0.15) is 12.4 Å². The lowest BCUT2D eigenvalue weighted by Gasteiger charge is -2.04. The molecule has 0 aliphatic carbocycles.